The molecule has 0 aliphatic carbocycles. The van der Waals surface area contributed by atoms with Gasteiger partial charge in [0.05, 0.1) is 17.1 Å². The average molecular weight is 396 g/mol. The van der Waals surface area contributed by atoms with Gasteiger partial charge in [-0.3, -0.25) is 9.59 Å². The van der Waals surface area contributed by atoms with Crippen LogP contribution in [0.1, 0.15) is 50.4 Å². The largest absolute Gasteiger partial charge is 0.345 e. The lowest BCUT2D eigenvalue weighted by atomic mass is 10.1. The second kappa shape index (κ2) is 8.37. The van der Waals surface area contributed by atoms with Crippen LogP contribution in [0.4, 0.5) is 0 Å². The van der Waals surface area contributed by atoms with Crippen LogP contribution in [-0.2, 0) is 6.54 Å². The predicted octanol–water partition coefficient (Wildman–Crippen LogP) is 5.30. The maximum absolute atomic E-state index is 13.1. The van der Waals surface area contributed by atoms with E-state index in [1.165, 1.54) is 11.1 Å². The van der Waals surface area contributed by atoms with Gasteiger partial charge in [-0.25, -0.2) is 0 Å². The maximum atomic E-state index is 13.1. The van der Waals surface area contributed by atoms with Crippen LogP contribution >= 0.6 is 0 Å². The minimum atomic E-state index is -0.172. The molecule has 0 aliphatic heterocycles. The number of rotatable bonds is 6. The first-order valence-corrected chi connectivity index (χ1v) is 10.0. The number of hydrogen-bond acceptors (Lipinski definition) is 2. The molecule has 4 rings (SSSR count). The first-order valence-electron chi connectivity index (χ1n) is 10.0. The number of aromatic nitrogens is 1. The number of para-hydroxylation sites is 1. The number of nitrogens with one attached hydrogen (secondary N) is 1. The van der Waals surface area contributed by atoms with Gasteiger partial charge in [0, 0.05) is 23.7 Å². The monoisotopic (exact) mass is 396 g/mol. The molecule has 0 fully saturated rings. The number of aldehydes is 1. The van der Waals surface area contributed by atoms with Gasteiger partial charge in [-0.1, -0.05) is 66.2 Å². The highest BCUT2D eigenvalue weighted by molar-refractivity contribution is 6.06. The number of aryl methyl sites for hydroxylation is 1. The quantitative estimate of drug-likeness (QED) is 0.450. The molecule has 0 saturated heterocycles. The van der Waals surface area contributed by atoms with Gasteiger partial charge >= 0.3 is 0 Å². The van der Waals surface area contributed by atoms with Crippen LogP contribution in [0, 0.1) is 6.92 Å². The van der Waals surface area contributed by atoms with E-state index in [4.69, 9.17) is 0 Å². The van der Waals surface area contributed by atoms with Gasteiger partial charge in [-0.05, 0) is 37.1 Å². The van der Waals surface area contributed by atoms with Crippen LogP contribution in [0.5, 0.6) is 0 Å². The molecule has 1 heterocycles. The highest BCUT2D eigenvalue weighted by Gasteiger charge is 2.16. The highest BCUT2D eigenvalue weighted by Crippen LogP contribution is 2.23. The number of hydrogen-bond donors (Lipinski definition) is 1. The zero-order valence-electron chi connectivity index (χ0n) is 17.1. The lowest BCUT2D eigenvalue weighted by Crippen LogP contribution is -2.27. The van der Waals surface area contributed by atoms with Crippen molar-refractivity contribution in [1.82, 2.24) is 9.88 Å². The summed E-state index contributed by atoms with van der Waals surface area (Å²) in [6.07, 6.45) is 2.85. The summed E-state index contributed by atoms with van der Waals surface area (Å²) in [7, 11) is 0. The number of benzene rings is 3. The van der Waals surface area contributed by atoms with E-state index in [9.17, 15) is 9.59 Å². The Morgan fingerprint density at radius 2 is 1.73 bits per heavy atom. The van der Waals surface area contributed by atoms with E-state index in [1.54, 1.807) is 12.1 Å². The summed E-state index contributed by atoms with van der Waals surface area (Å²) < 4.78 is 2.12. The Morgan fingerprint density at radius 1 is 1.00 bits per heavy atom. The summed E-state index contributed by atoms with van der Waals surface area (Å²) in [5, 5.41) is 4.13. The Labute approximate surface area is 176 Å². The summed E-state index contributed by atoms with van der Waals surface area (Å²) in [4.78, 5) is 24.0. The number of carbonyl (C=O) groups excluding carboxylic acids is 2. The second-order valence-corrected chi connectivity index (χ2v) is 7.65. The first-order chi connectivity index (χ1) is 14.5. The SMILES string of the molecule is Cc1ccc(Cn2ccc3cccc(C(=O)N[C@@H](C)c4ccc(C=O)cc4)c32)cc1. The first kappa shape index (κ1) is 19.6. The molecule has 1 atom stereocenters. The predicted molar refractivity (Wildman–Crippen MR) is 120 cm³/mol. The molecule has 150 valence electrons. The van der Waals surface area contributed by atoms with E-state index in [0.29, 0.717) is 17.7 Å². The summed E-state index contributed by atoms with van der Waals surface area (Å²) in [5.41, 5.74) is 5.58. The molecule has 3 aromatic carbocycles. The van der Waals surface area contributed by atoms with Crippen LogP contribution in [-0.4, -0.2) is 16.8 Å². The Bertz CT molecular complexity index is 1190. The number of fused-ring (bicyclic) bond motifs is 1. The van der Waals surface area contributed by atoms with E-state index in [2.05, 4.69) is 41.1 Å². The maximum Gasteiger partial charge on any atom is 0.253 e. The van der Waals surface area contributed by atoms with Crippen LogP contribution in [0.2, 0.25) is 0 Å². The van der Waals surface area contributed by atoms with Gasteiger partial charge in [0.1, 0.15) is 6.29 Å². The topological polar surface area (TPSA) is 51.1 Å². The molecule has 0 unspecified atom stereocenters. The number of amides is 1. The van der Waals surface area contributed by atoms with Crippen molar-refractivity contribution in [3.8, 4) is 0 Å². The summed E-state index contributed by atoms with van der Waals surface area (Å²) in [5.74, 6) is -0.114. The third kappa shape index (κ3) is 4.03. The van der Waals surface area contributed by atoms with Crippen molar-refractivity contribution >= 4 is 23.1 Å². The van der Waals surface area contributed by atoms with Gasteiger partial charge in [0.2, 0.25) is 0 Å². The number of carbonyl (C=O) groups is 2. The minimum absolute atomic E-state index is 0.114. The van der Waals surface area contributed by atoms with Crippen molar-refractivity contribution in [3.05, 3.63) is 107 Å². The van der Waals surface area contributed by atoms with Gasteiger partial charge in [-0.2, -0.15) is 0 Å². The number of nitrogens with zero attached hydrogens (tertiary/aromatic N) is 1. The van der Waals surface area contributed by atoms with Gasteiger partial charge in [0.15, 0.2) is 0 Å². The molecule has 1 N–H and O–H groups in total. The van der Waals surface area contributed by atoms with Crippen LogP contribution in [0.25, 0.3) is 10.9 Å². The van der Waals surface area contributed by atoms with Crippen molar-refractivity contribution in [2.45, 2.75) is 26.4 Å². The molecular weight excluding hydrogens is 372 g/mol. The van der Waals surface area contributed by atoms with E-state index < -0.39 is 0 Å². The van der Waals surface area contributed by atoms with Gasteiger partial charge < -0.3 is 9.88 Å². The van der Waals surface area contributed by atoms with Crippen LogP contribution in [0.3, 0.4) is 0 Å². The normalized spacial score (nSPS) is 11.9. The molecule has 0 radical (unpaired) electrons. The fourth-order valence-electron chi connectivity index (χ4n) is 3.69. The fraction of sp³-hybridized carbons (Fsp3) is 0.154. The summed E-state index contributed by atoms with van der Waals surface area (Å²) >= 11 is 0. The fourth-order valence-corrected chi connectivity index (χ4v) is 3.69. The van der Waals surface area contributed by atoms with Crippen LogP contribution < -0.4 is 5.32 Å². The van der Waals surface area contributed by atoms with Gasteiger partial charge in [-0.15, -0.1) is 0 Å². The molecule has 0 spiro atoms. The smallest absolute Gasteiger partial charge is 0.253 e. The van der Waals surface area contributed by atoms with Crippen molar-refractivity contribution in [2.24, 2.45) is 0 Å². The van der Waals surface area contributed by atoms with Crippen molar-refractivity contribution in [3.63, 3.8) is 0 Å². The Hall–Kier alpha value is -3.66. The van der Waals surface area contributed by atoms with E-state index in [0.717, 1.165) is 22.8 Å². The molecule has 0 aliphatic rings. The zero-order chi connectivity index (χ0) is 21.1. The third-order valence-electron chi connectivity index (χ3n) is 5.43. The molecule has 4 nitrogen and oxygen atoms in total. The summed E-state index contributed by atoms with van der Waals surface area (Å²) in [6.45, 7) is 4.72. The molecule has 4 heteroatoms. The lowest BCUT2D eigenvalue weighted by Gasteiger charge is -2.16. The molecule has 30 heavy (non-hydrogen) atoms. The van der Waals surface area contributed by atoms with E-state index in [-0.39, 0.29) is 11.9 Å². The standard InChI is InChI=1S/C26H24N2O2/c1-18-6-8-20(9-7-18)16-28-15-14-23-4-3-5-24(25(23)28)26(30)27-19(2)22-12-10-21(17-29)11-13-22/h3-15,17,19H,16H2,1-2H3,(H,27,30)/t19-/m0/s1. The molecular formula is C26H24N2O2. The average Bonchev–Trinajstić information content (AvgIpc) is 3.18. The highest BCUT2D eigenvalue weighted by atomic mass is 16.1. The summed E-state index contributed by atoms with van der Waals surface area (Å²) in [6, 6.07) is 23.4. The zero-order valence-corrected chi connectivity index (χ0v) is 17.1. The van der Waals surface area contributed by atoms with Crippen molar-refractivity contribution < 1.29 is 9.59 Å². The molecule has 1 aromatic heterocycles. The van der Waals surface area contributed by atoms with Crippen LogP contribution in [0.15, 0.2) is 79.0 Å². The van der Waals surface area contributed by atoms with E-state index in [1.807, 2.05) is 49.5 Å². The van der Waals surface area contributed by atoms with Crippen molar-refractivity contribution in [2.75, 3.05) is 0 Å². The Balaban J connectivity index is 1.61. The molecule has 1 amide bonds. The molecule has 4 aromatic rings. The van der Waals surface area contributed by atoms with Gasteiger partial charge in [0.25, 0.3) is 5.91 Å². The molecule has 0 saturated carbocycles. The lowest BCUT2D eigenvalue weighted by molar-refractivity contribution is 0.0940. The Morgan fingerprint density at radius 3 is 2.43 bits per heavy atom. The van der Waals surface area contributed by atoms with E-state index >= 15 is 0 Å². The second-order valence-electron chi connectivity index (χ2n) is 7.65. The molecule has 0 bridgehead atoms. The Kier molecular flexibility index (Phi) is 5.48. The third-order valence-corrected chi connectivity index (χ3v) is 5.43. The van der Waals surface area contributed by atoms with Crippen molar-refractivity contribution in [1.29, 1.82) is 0 Å². The minimum Gasteiger partial charge on any atom is -0.345 e.